The van der Waals surface area contributed by atoms with Gasteiger partial charge in [-0.3, -0.25) is 0 Å². The maximum Gasteiger partial charge on any atom is 0.164 e. The highest BCUT2D eigenvalue weighted by atomic mass is 16.6. The summed E-state index contributed by atoms with van der Waals surface area (Å²) in [7, 11) is 0. The van der Waals surface area contributed by atoms with Gasteiger partial charge in [-0.2, -0.15) is 0 Å². The van der Waals surface area contributed by atoms with E-state index in [9.17, 15) is 25.5 Å². The van der Waals surface area contributed by atoms with E-state index < -0.39 is 41.0 Å². The lowest BCUT2D eigenvalue weighted by molar-refractivity contribution is -0.309. The topological polar surface area (TPSA) is 110 Å². The van der Waals surface area contributed by atoms with E-state index in [1.807, 2.05) is 6.92 Å². The highest BCUT2D eigenvalue weighted by Gasteiger charge is 2.83. The summed E-state index contributed by atoms with van der Waals surface area (Å²) >= 11 is 0. The third-order valence-electron chi connectivity index (χ3n) is 15.1. The summed E-state index contributed by atoms with van der Waals surface area (Å²) in [5, 5.41) is 56.5. The molecule has 212 valence electrons. The van der Waals surface area contributed by atoms with E-state index in [2.05, 4.69) is 41.5 Å². The van der Waals surface area contributed by atoms with E-state index in [0.717, 1.165) is 38.5 Å². The molecule has 37 heavy (non-hydrogen) atoms. The molecule has 5 aliphatic carbocycles. The van der Waals surface area contributed by atoms with Gasteiger partial charge in [0.05, 0.1) is 35.9 Å². The molecule has 6 heteroatoms. The molecule has 3 unspecified atom stereocenters. The molecule has 1 spiro atoms. The van der Waals surface area contributed by atoms with Crippen molar-refractivity contribution in [3.05, 3.63) is 0 Å². The van der Waals surface area contributed by atoms with Crippen molar-refractivity contribution in [2.45, 2.75) is 130 Å². The monoisotopic (exact) mass is 520 g/mol. The Balaban J connectivity index is 1.48. The molecule has 14 atom stereocenters. The van der Waals surface area contributed by atoms with Crippen molar-refractivity contribution in [1.29, 1.82) is 0 Å². The van der Waals surface area contributed by atoms with Gasteiger partial charge in [-0.1, -0.05) is 48.5 Å². The summed E-state index contributed by atoms with van der Waals surface area (Å²) in [4.78, 5) is 0. The first-order valence-electron chi connectivity index (χ1n) is 15.0. The summed E-state index contributed by atoms with van der Waals surface area (Å²) in [6, 6.07) is 0. The maximum atomic E-state index is 12.1. The molecule has 1 heterocycles. The largest absolute Gasteiger partial charge is 0.396 e. The predicted molar refractivity (Wildman–Crippen MR) is 140 cm³/mol. The summed E-state index contributed by atoms with van der Waals surface area (Å²) in [6.45, 7) is 15.6. The van der Waals surface area contributed by atoms with Crippen molar-refractivity contribution in [2.24, 2.45) is 56.2 Å². The zero-order valence-electron chi connectivity index (χ0n) is 24.1. The van der Waals surface area contributed by atoms with Crippen molar-refractivity contribution in [3.63, 3.8) is 0 Å². The molecule has 2 bridgehead atoms. The first-order valence-corrected chi connectivity index (χ1v) is 15.0. The van der Waals surface area contributed by atoms with Gasteiger partial charge in [-0.05, 0) is 85.4 Å². The molecular formula is C31H52O6. The minimum absolute atomic E-state index is 0.00692. The van der Waals surface area contributed by atoms with Crippen LogP contribution in [0, 0.1) is 56.2 Å². The van der Waals surface area contributed by atoms with Gasteiger partial charge in [-0.15, -0.1) is 0 Å². The first kappa shape index (κ1) is 27.0. The smallest absolute Gasteiger partial charge is 0.164 e. The number of ether oxygens (including phenoxy) is 1. The molecule has 6 fully saturated rings. The summed E-state index contributed by atoms with van der Waals surface area (Å²) in [5.74, 6) is 0.347. The third kappa shape index (κ3) is 2.66. The van der Waals surface area contributed by atoms with E-state index in [1.54, 1.807) is 0 Å². The Bertz CT molecular complexity index is 969. The van der Waals surface area contributed by atoms with Gasteiger partial charge in [0.25, 0.3) is 0 Å². The lowest BCUT2D eigenvalue weighted by atomic mass is 9.30. The molecule has 6 nitrogen and oxygen atoms in total. The van der Waals surface area contributed by atoms with E-state index in [4.69, 9.17) is 4.74 Å². The van der Waals surface area contributed by atoms with Gasteiger partial charge >= 0.3 is 0 Å². The van der Waals surface area contributed by atoms with Crippen molar-refractivity contribution in [1.82, 2.24) is 0 Å². The van der Waals surface area contributed by atoms with Gasteiger partial charge < -0.3 is 30.3 Å². The van der Waals surface area contributed by atoms with Crippen LogP contribution < -0.4 is 0 Å². The molecule has 0 radical (unpaired) electrons. The Labute approximate surface area is 223 Å². The number of aliphatic hydroxyl groups excluding tert-OH is 5. The fraction of sp³-hybridized carbons (Fsp3) is 1.00. The van der Waals surface area contributed by atoms with E-state index >= 15 is 0 Å². The average Bonchev–Trinajstić information content (AvgIpc) is 3.02. The van der Waals surface area contributed by atoms with Crippen molar-refractivity contribution < 1.29 is 30.3 Å². The zero-order valence-corrected chi connectivity index (χ0v) is 24.1. The van der Waals surface area contributed by atoms with Crippen molar-refractivity contribution in [2.75, 3.05) is 6.61 Å². The molecule has 6 rings (SSSR count). The van der Waals surface area contributed by atoms with Gasteiger partial charge in [0.2, 0.25) is 0 Å². The molecule has 0 amide bonds. The van der Waals surface area contributed by atoms with Crippen LogP contribution in [0.15, 0.2) is 0 Å². The molecule has 5 N–H and O–H groups in total. The number of aliphatic hydroxyl groups is 5. The standard InChI is InChI=1S/C31H52O6/c1-17-23(35)25(2,3)14-20-30-13-9-19-26(4)11-10-21(33)27(5,16-32)18(26)8-12-28(19,6)29(30,7)15-22(34)31(17,20)24(36)37-30/h17-24,32-36H,8-16H2,1-7H3/t17-,18?,19?,20?,21-,22+,23-,24-,26-,27+,28+,29-,30-,31+/m0/s1. The Morgan fingerprint density at radius 3 is 2.05 bits per heavy atom. The Kier molecular flexibility index (Phi) is 5.48. The van der Waals surface area contributed by atoms with E-state index in [0.29, 0.717) is 18.8 Å². The van der Waals surface area contributed by atoms with Crippen LogP contribution in [0.25, 0.3) is 0 Å². The Morgan fingerprint density at radius 1 is 0.757 bits per heavy atom. The summed E-state index contributed by atoms with van der Waals surface area (Å²) in [5.41, 5.74) is -2.67. The van der Waals surface area contributed by atoms with Crippen LogP contribution in [0.5, 0.6) is 0 Å². The molecular weight excluding hydrogens is 468 g/mol. The van der Waals surface area contributed by atoms with Crippen molar-refractivity contribution >= 4 is 0 Å². The van der Waals surface area contributed by atoms with Crippen LogP contribution in [-0.2, 0) is 4.74 Å². The van der Waals surface area contributed by atoms with Gasteiger partial charge in [0.1, 0.15) is 0 Å². The summed E-state index contributed by atoms with van der Waals surface area (Å²) < 4.78 is 6.87. The average molecular weight is 521 g/mol. The first-order chi connectivity index (χ1) is 17.0. The molecule has 6 aliphatic rings. The quantitative estimate of drug-likeness (QED) is 0.359. The number of rotatable bonds is 1. The highest BCUT2D eigenvalue weighted by molar-refractivity contribution is 5.30. The molecule has 0 aromatic carbocycles. The lowest BCUT2D eigenvalue weighted by Crippen LogP contribution is -2.75. The Hall–Kier alpha value is -0.240. The van der Waals surface area contributed by atoms with Crippen LogP contribution >= 0.6 is 0 Å². The summed E-state index contributed by atoms with van der Waals surface area (Å²) in [6.07, 6.45) is 3.81. The van der Waals surface area contributed by atoms with E-state index in [1.165, 1.54) is 0 Å². The fourth-order valence-corrected chi connectivity index (χ4v) is 12.9. The molecule has 0 aromatic heterocycles. The predicted octanol–water partition coefficient (Wildman–Crippen LogP) is 3.86. The zero-order chi connectivity index (χ0) is 27.2. The van der Waals surface area contributed by atoms with Crippen LogP contribution in [0.1, 0.15) is 99.8 Å². The van der Waals surface area contributed by atoms with Gasteiger partial charge in [0.15, 0.2) is 6.29 Å². The second kappa shape index (κ2) is 7.53. The normalized spacial score (nSPS) is 64.2. The minimum atomic E-state index is -1.08. The van der Waals surface area contributed by atoms with Gasteiger partial charge in [0, 0.05) is 16.7 Å². The van der Waals surface area contributed by atoms with Crippen LogP contribution in [0.2, 0.25) is 0 Å². The SMILES string of the molecule is C[C@H]1[C@H](O)C(C)(C)CC2[C@@]13[C@H](O)C[C@]1(C)[C@@]2(CCC2[C@@]4(C)CC[C@H](O)[C@](C)(CO)C4CC[C@]21C)O[C@@H]3O. The van der Waals surface area contributed by atoms with Crippen LogP contribution in [-0.4, -0.2) is 62.3 Å². The van der Waals surface area contributed by atoms with Crippen LogP contribution in [0.3, 0.4) is 0 Å². The van der Waals surface area contributed by atoms with E-state index in [-0.39, 0.29) is 46.0 Å². The number of hydrogen-bond donors (Lipinski definition) is 5. The molecule has 1 aliphatic heterocycles. The second-order valence-corrected chi connectivity index (χ2v) is 16.2. The highest BCUT2D eigenvalue weighted by Crippen LogP contribution is 2.81. The molecule has 0 aromatic rings. The second-order valence-electron chi connectivity index (χ2n) is 16.2. The van der Waals surface area contributed by atoms with Crippen LogP contribution in [0.4, 0.5) is 0 Å². The fourth-order valence-electron chi connectivity index (χ4n) is 12.9. The Morgan fingerprint density at radius 2 is 1.41 bits per heavy atom. The van der Waals surface area contributed by atoms with Gasteiger partial charge in [-0.25, -0.2) is 0 Å². The maximum absolute atomic E-state index is 12.1. The number of hydrogen-bond acceptors (Lipinski definition) is 6. The van der Waals surface area contributed by atoms with Crippen molar-refractivity contribution in [3.8, 4) is 0 Å². The molecule has 5 saturated carbocycles. The molecule has 1 saturated heterocycles. The number of fused-ring (bicyclic) bond motifs is 4. The minimum Gasteiger partial charge on any atom is -0.396 e. The lowest BCUT2D eigenvalue weighted by Gasteiger charge is -2.75. The third-order valence-corrected chi connectivity index (χ3v) is 15.1.